The first kappa shape index (κ1) is 40.9. The molecule has 1 atom stereocenters. The third kappa shape index (κ3) is 33.4. The molecule has 0 aromatic heterocycles. The fourth-order valence-corrected chi connectivity index (χ4v) is 6.02. The van der Waals surface area contributed by atoms with E-state index in [1.54, 1.807) is 0 Å². The van der Waals surface area contributed by atoms with Crippen molar-refractivity contribution in [3.8, 4) is 0 Å². The minimum absolute atomic E-state index is 0.0836. The minimum Gasteiger partial charge on any atom is -0.481 e. The van der Waals surface area contributed by atoms with Crippen LogP contribution in [0, 0.1) is 0 Å². The summed E-state index contributed by atoms with van der Waals surface area (Å²) in [7, 11) is 0. The molecule has 0 radical (unpaired) electrons. The maximum Gasteiger partial charge on any atom is 0.306 e. The summed E-state index contributed by atoms with van der Waals surface area (Å²) < 4.78 is 5.83. The molecule has 0 aliphatic rings. The van der Waals surface area contributed by atoms with Gasteiger partial charge in [-0.25, -0.2) is 0 Å². The Balaban J connectivity index is 3.77. The Morgan fingerprint density at radius 3 is 1.10 bits per heavy atom. The van der Waals surface area contributed by atoms with E-state index in [0.29, 0.717) is 19.3 Å². The van der Waals surface area contributed by atoms with Gasteiger partial charge in [0.1, 0.15) is 6.10 Å². The van der Waals surface area contributed by atoms with Crippen LogP contribution in [0.2, 0.25) is 0 Å². The van der Waals surface area contributed by atoms with Crippen molar-refractivity contribution in [3.05, 3.63) is 0 Å². The third-order valence-electron chi connectivity index (χ3n) is 8.83. The number of hydrogen-bond acceptors (Lipinski definition) is 3. The van der Waals surface area contributed by atoms with Gasteiger partial charge in [-0.15, -0.1) is 0 Å². The summed E-state index contributed by atoms with van der Waals surface area (Å²) in [6.45, 7) is 4.55. The zero-order valence-corrected chi connectivity index (χ0v) is 28.6. The molecule has 4 nitrogen and oxygen atoms in total. The van der Waals surface area contributed by atoms with Crippen molar-refractivity contribution in [3.63, 3.8) is 0 Å². The molecule has 0 amide bonds. The van der Waals surface area contributed by atoms with Crippen molar-refractivity contribution in [1.82, 2.24) is 0 Å². The first-order valence-corrected chi connectivity index (χ1v) is 19.0. The van der Waals surface area contributed by atoms with Crippen molar-refractivity contribution < 1.29 is 19.4 Å². The number of carbonyl (C=O) groups excluding carboxylic acids is 1. The second-order valence-corrected chi connectivity index (χ2v) is 13.1. The molecule has 42 heavy (non-hydrogen) atoms. The van der Waals surface area contributed by atoms with Gasteiger partial charge in [-0.05, 0) is 32.1 Å². The molecule has 0 fully saturated rings. The molecule has 250 valence electrons. The Hall–Kier alpha value is -1.06. The third-order valence-corrected chi connectivity index (χ3v) is 8.83. The average molecular weight is 595 g/mol. The van der Waals surface area contributed by atoms with Crippen LogP contribution in [-0.2, 0) is 14.3 Å². The topological polar surface area (TPSA) is 63.6 Å². The van der Waals surface area contributed by atoms with E-state index >= 15 is 0 Å². The van der Waals surface area contributed by atoms with Crippen molar-refractivity contribution in [2.75, 3.05) is 0 Å². The zero-order valence-electron chi connectivity index (χ0n) is 28.6. The fraction of sp³-hybridized carbons (Fsp3) is 0.947. The Labute approximate surface area is 262 Å². The molecule has 0 aromatic rings. The average Bonchev–Trinajstić information content (AvgIpc) is 2.97. The summed E-state index contributed by atoms with van der Waals surface area (Å²) in [5.41, 5.74) is 0. The van der Waals surface area contributed by atoms with E-state index in [9.17, 15) is 9.59 Å². The number of hydrogen-bond donors (Lipinski definition) is 1. The van der Waals surface area contributed by atoms with Crippen LogP contribution in [0.4, 0.5) is 0 Å². The summed E-state index contributed by atoms with van der Waals surface area (Å²) in [6.07, 6.45) is 39.7. The van der Waals surface area contributed by atoms with E-state index in [4.69, 9.17) is 9.84 Å². The van der Waals surface area contributed by atoms with E-state index in [1.807, 2.05) is 0 Å². The van der Waals surface area contributed by atoms with Gasteiger partial charge in [0.2, 0.25) is 0 Å². The maximum absolute atomic E-state index is 12.5. The number of esters is 1. The Morgan fingerprint density at radius 1 is 0.429 bits per heavy atom. The lowest BCUT2D eigenvalue weighted by molar-refractivity contribution is -0.150. The highest BCUT2D eigenvalue weighted by atomic mass is 16.5. The lowest BCUT2D eigenvalue weighted by Gasteiger charge is -2.18. The predicted octanol–water partition coefficient (Wildman–Crippen LogP) is 12.9. The number of carboxylic acid groups (broad SMARTS) is 1. The van der Waals surface area contributed by atoms with Gasteiger partial charge in [-0.3, -0.25) is 9.59 Å². The molecule has 1 N–H and O–H groups in total. The molecular formula is C38H74O4. The van der Waals surface area contributed by atoms with Crippen LogP contribution >= 0.6 is 0 Å². The molecular weight excluding hydrogens is 520 g/mol. The molecule has 0 aromatic carbocycles. The second kappa shape index (κ2) is 34.4. The summed E-state index contributed by atoms with van der Waals surface area (Å²) in [6, 6.07) is 0. The largest absolute Gasteiger partial charge is 0.481 e. The Morgan fingerprint density at radius 2 is 0.738 bits per heavy atom. The molecule has 0 saturated carbocycles. The quantitative estimate of drug-likeness (QED) is 0.0585. The van der Waals surface area contributed by atoms with Gasteiger partial charge < -0.3 is 9.84 Å². The maximum atomic E-state index is 12.5. The van der Waals surface area contributed by atoms with Gasteiger partial charge in [0.15, 0.2) is 0 Å². The number of ether oxygens (including phenoxy) is 1. The van der Waals surface area contributed by atoms with Gasteiger partial charge >= 0.3 is 11.9 Å². The smallest absolute Gasteiger partial charge is 0.306 e. The first-order chi connectivity index (χ1) is 20.6. The van der Waals surface area contributed by atoms with Gasteiger partial charge in [-0.1, -0.05) is 181 Å². The highest BCUT2D eigenvalue weighted by Gasteiger charge is 2.15. The normalized spacial score (nSPS) is 12.0. The van der Waals surface area contributed by atoms with E-state index in [2.05, 4.69) is 13.8 Å². The second-order valence-electron chi connectivity index (χ2n) is 13.1. The standard InChI is InChI=1S/C38H74O4/c1-3-5-7-9-11-13-15-17-18-20-22-24-26-28-30-35-38(41)42-36(33-31-34-37(39)40)32-29-27-25-23-21-19-16-14-12-10-8-6-4-2/h36H,3-35H2,1-2H3,(H,39,40). The van der Waals surface area contributed by atoms with Crippen LogP contribution in [0.15, 0.2) is 0 Å². The lowest BCUT2D eigenvalue weighted by atomic mass is 10.0. The van der Waals surface area contributed by atoms with Gasteiger partial charge in [0, 0.05) is 12.8 Å². The number of unbranched alkanes of at least 4 members (excludes halogenated alkanes) is 26. The van der Waals surface area contributed by atoms with E-state index in [1.165, 1.54) is 161 Å². The monoisotopic (exact) mass is 595 g/mol. The number of carboxylic acids is 1. The van der Waals surface area contributed by atoms with Crippen LogP contribution in [-0.4, -0.2) is 23.1 Å². The summed E-state index contributed by atoms with van der Waals surface area (Å²) in [5, 5.41) is 9.00. The molecule has 0 bridgehead atoms. The van der Waals surface area contributed by atoms with Gasteiger partial charge in [-0.2, -0.15) is 0 Å². The predicted molar refractivity (Wildman–Crippen MR) is 181 cm³/mol. The van der Waals surface area contributed by atoms with Crippen LogP contribution < -0.4 is 0 Å². The highest BCUT2D eigenvalue weighted by molar-refractivity contribution is 5.69. The van der Waals surface area contributed by atoms with E-state index in [-0.39, 0.29) is 18.5 Å². The zero-order chi connectivity index (χ0) is 30.8. The first-order valence-electron chi connectivity index (χ1n) is 19.0. The van der Waals surface area contributed by atoms with Crippen molar-refractivity contribution >= 4 is 11.9 Å². The van der Waals surface area contributed by atoms with E-state index < -0.39 is 5.97 Å². The minimum atomic E-state index is -0.765. The van der Waals surface area contributed by atoms with Crippen LogP contribution in [0.3, 0.4) is 0 Å². The molecule has 4 heteroatoms. The lowest BCUT2D eigenvalue weighted by Crippen LogP contribution is -2.18. The summed E-state index contributed by atoms with van der Waals surface area (Å²) in [4.78, 5) is 23.4. The Kier molecular flexibility index (Phi) is 33.6. The van der Waals surface area contributed by atoms with E-state index in [0.717, 1.165) is 25.7 Å². The Bertz CT molecular complexity index is 561. The molecule has 0 saturated heterocycles. The van der Waals surface area contributed by atoms with Crippen molar-refractivity contribution in [1.29, 1.82) is 0 Å². The molecule has 0 aliphatic heterocycles. The van der Waals surface area contributed by atoms with Crippen molar-refractivity contribution in [2.24, 2.45) is 0 Å². The van der Waals surface area contributed by atoms with Crippen LogP contribution in [0.25, 0.3) is 0 Å². The fourth-order valence-electron chi connectivity index (χ4n) is 6.02. The SMILES string of the molecule is CCCCCCCCCCCCCCCCCC(=O)OC(CCCCCCCCCCCCCCC)CCCC(=O)O. The number of rotatable bonds is 35. The number of aliphatic carboxylic acids is 1. The molecule has 0 spiro atoms. The van der Waals surface area contributed by atoms with Gasteiger partial charge in [0.25, 0.3) is 0 Å². The number of carbonyl (C=O) groups is 2. The molecule has 0 aliphatic carbocycles. The van der Waals surface area contributed by atoms with Crippen molar-refractivity contribution in [2.45, 2.75) is 232 Å². The molecule has 1 unspecified atom stereocenters. The summed E-state index contributed by atoms with van der Waals surface area (Å²) >= 11 is 0. The molecule has 0 rings (SSSR count). The van der Waals surface area contributed by atoms with Gasteiger partial charge in [0.05, 0.1) is 0 Å². The highest BCUT2D eigenvalue weighted by Crippen LogP contribution is 2.18. The summed E-state index contributed by atoms with van der Waals surface area (Å²) in [5.74, 6) is -0.849. The molecule has 0 heterocycles. The van der Waals surface area contributed by atoms with Crippen LogP contribution in [0.5, 0.6) is 0 Å². The van der Waals surface area contributed by atoms with Crippen LogP contribution in [0.1, 0.15) is 226 Å².